The lowest BCUT2D eigenvalue weighted by atomic mass is 9.86. The third kappa shape index (κ3) is 11.0. The van der Waals surface area contributed by atoms with Crippen molar-refractivity contribution in [2.75, 3.05) is 20.3 Å². The fraction of sp³-hybridized carbons (Fsp3) is 0.517. The second-order valence-electron chi connectivity index (χ2n) is 11.2. The van der Waals surface area contributed by atoms with Crippen LogP contribution in [0.4, 0.5) is 0 Å². The van der Waals surface area contributed by atoms with Crippen LogP contribution in [0.1, 0.15) is 64.7 Å². The fourth-order valence-electron chi connectivity index (χ4n) is 3.50. The number of esters is 1. The number of thiocarbonyl (C=S) groups is 1. The van der Waals surface area contributed by atoms with Crippen molar-refractivity contribution in [1.82, 2.24) is 10.6 Å². The maximum atomic E-state index is 12.6. The number of nitrogens with zero attached hydrogens (tertiary/aromatic N) is 3. The van der Waals surface area contributed by atoms with E-state index < -0.39 is 11.6 Å². The monoisotopic (exact) mass is 555 g/mol. The molecule has 2 rings (SSSR count). The van der Waals surface area contributed by atoms with Gasteiger partial charge in [-0.25, -0.2) is 0 Å². The van der Waals surface area contributed by atoms with Crippen molar-refractivity contribution in [3.05, 3.63) is 69.6 Å². The summed E-state index contributed by atoms with van der Waals surface area (Å²) in [7, 11) is 1.56. The van der Waals surface area contributed by atoms with Gasteiger partial charge in [-0.05, 0) is 79.2 Å². The SMILES string of the molecule is COc1cc(CNC(=S)NC(CCc2ccc(C(C)(C)C)cc2)OC(=O)C(C)(C)C)ccc1OCCN=[N+]=[N-]. The lowest BCUT2D eigenvalue weighted by molar-refractivity contribution is -0.159. The Labute approximate surface area is 237 Å². The lowest BCUT2D eigenvalue weighted by Gasteiger charge is -2.25. The Morgan fingerprint density at radius 1 is 1.05 bits per heavy atom. The number of aryl methyl sites for hydroxylation is 1. The molecule has 212 valence electrons. The molecule has 9 nitrogen and oxygen atoms in total. The third-order valence-electron chi connectivity index (χ3n) is 5.86. The number of rotatable bonds is 12. The molecule has 0 amide bonds. The zero-order chi connectivity index (χ0) is 29.1. The number of benzene rings is 2. The summed E-state index contributed by atoms with van der Waals surface area (Å²) in [5.41, 5.74) is 11.2. The molecule has 0 bridgehead atoms. The first-order chi connectivity index (χ1) is 18.3. The molecule has 0 heterocycles. The number of carbonyl (C=O) groups excluding carboxylic acids is 1. The second-order valence-corrected chi connectivity index (χ2v) is 11.7. The normalized spacial score (nSPS) is 12.1. The van der Waals surface area contributed by atoms with E-state index in [1.54, 1.807) is 13.2 Å². The van der Waals surface area contributed by atoms with Crippen LogP contribution in [-0.4, -0.2) is 37.6 Å². The summed E-state index contributed by atoms with van der Waals surface area (Å²) in [5.74, 6) is 0.815. The molecule has 1 atom stereocenters. The Hall–Kier alpha value is -3.49. The first-order valence-corrected chi connectivity index (χ1v) is 13.4. The minimum Gasteiger partial charge on any atom is -0.493 e. The van der Waals surface area contributed by atoms with Crippen molar-refractivity contribution in [1.29, 1.82) is 0 Å². The highest BCUT2D eigenvalue weighted by molar-refractivity contribution is 7.80. The Morgan fingerprint density at radius 2 is 1.72 bits per heavy atom. The van der Waals surface area contributed by atoms with E-state index >= 15 is 0 Å². The zero-order valence-electron chi connectivity index (χ0n) is 24.0. The molecule has 0 spiro atoms. The Bertz CT molecular complexity index is 1150. The van der Waals surface area contributed by atoms with Gasteiger partial charge in [-0.3, -0.25) is 4.79 Å². The van der Waals surface area contributed by atoms with E-state index in [2.05, 4.69) is 65.7 Å². The number of nitrogens with one attached hydrogen (secondary N) is 2. The quantitative estimate of drug-likeness (QED) is 0.0609. The highest BCUT2D eigenvalue weighted by Gasteiger charge is 2.27. The number of hydrogen-bond donors (Lipinski definition) is 2. The van der Waals surface area contributed by atoms with Gasteiger partial charge in [0.25, 0.3) is 0 Å². The Balaban J connectivity index is 2.00. The van der Waals surface area contributed by atoms with Crippen LogP contribution in [0.5, 0.6) is 11.5 Å². The molecule has 1 unspecified atom stereocenters. The first-order valence-electron chi connectivity index (χ1n) is 13.0. The molecule has 0 fully saturated rings. The van der Waals surface area contributed by atoms with Gasteiger partial charge in [0.15, 0.2) is 22.8 Å². The summed E-state index contributed by atoms with van der Waals surface area (Å²) in [6.45, 7) is 12.9. The molecular formula is C29H41N5O4S. The van der Waals surface area contributed by atoms with Crippen molar-refractivity contribution < 1.29 is 19.0 Å². The Morgan fingerprint density at radius 3 is 2.31 bits per heavy atom. The van der Waals surface area contributed by atoms with E-state index in [-0.39, 0.29) is 24.5 Å². The molecule has 0 aliphatic heterocycles. The van der Waals surface area contributed by atoms with E-state index in [0.717, 1.165) is 17.5 Å². The summed E-state index contributed by atoms with van der Waals surface area (Å²) >= 11 is 5.52. The number of azide groups is 1. The summed E-state index contributed by atoms with van der Waals surface area (Å²) < 4.78 is 16.8. The van der Waals surface area contributed by atoms with Crippen molar-refractivity contribution in [3.8, 4) is 11.5 Å². The van der Waals surface area contributed by atoms with E-state index in [4.69, 9.17) is 32.0 Å². The van der Waals surface area contributed by atoms with Crippen LogP contribution < -0.4 is 20.1 Å². The van der Waals surface area contributed by atoms with Crippen LogP contribution in [0.15, 0.2) is 47.6 Å². The molecule has 10 heteroatoms. The van der Waals surface area contributed by atoms with Crippen molar-refractivity contribution in [3.63, 3.8) is 0 Å². The largest absolute Gasteiger partial charge is 0.493 e. The van der Waals surface area contributed by atoms with Gasteiger partial charge >= 0.3 is 5.97 Å². The average molecular weight is 556 g/mol. The summed E-state index contributed by atoms with van der Waals surface area (Å²) in [5, 5.41) is 10.2. The third-order valence-corrected chi connectivity index (χ3v) is 6.12. The number of ether oxygens (including phenoxy) is 3. The molecule has 39 heavy (non-hydrogen) atoms. The van der Waals surface area contributed by atoms with E-state index in [0.29, 0.717) is 29.6 Å². The Kier molecular flexibility index (Phi) is 11.9. The van der Waals surface area contributed by atoms with Crippen LogP contribution in [-0.2, 0) is 27.9 Å². The van der Waals surface area contributed by atoms with E-state index in [1.807, 2.05) is 32.9 Å². The van der Waals surface area contributed by atoms with Gasteiger partial charge in [0.2, 0.25) is 0 Å². The summed E-state index contributed by atoms with van der Waals surface area (Å²) in [6.07, 6.45) is 0.703. The minimum absolute atomic E-state index is 0.0905. The molecule has 0 radical (unpaired) electrons. The second kappa shape index (κ2) is 14.6. The van der Waals surface area contributed by atoms with Gasteiger partial charge in [-0.1, -0.05) is 56.2 Å². The van der Waals surface area contributed by atoms with Crippen LogP contribution in [0, 0.1) is 5.41 Å². The molecule has 2 aromatic rings. The van der Waals surface area contributed by atoms with Gasteiger partial charge in [0.1, 0.15) is 0 Å². The molecule has 2 aromatic carbocycles. The van der Waals surface area contributed by atoms with Crippen LogP contribution in [0.25, 0.3) is 10.4 Å². The summed E-state index contributed by atoms with van der Waals surface area (Å²) in [6, 6.07) is 14.1. The zero-order valence-corrected chi connectivity index (χ0v) is 24.9. The molecule has 0 saturated heterocycles. The van der Waals surface area contributed by atoms with Gasteiger partial charge in [-0.2, -0.15) is 0 Å². The topological polar surface area (TPSA) is 118 Å². The molecule has 2 N–H and O–H groups in total. The van der Waals surface area contributed by atoms with Gasteiger partial charge in [0.05, 0.1) is 25.7 Å². The highest BCUT2D eigenvalue weighted by atomic mass is 32.1. The maximum Gasteiger partial charge on any atom is 0.313 e. The smallest absolute Gasteiger partial charge is 0.313 e. The van der Waals surface area contributed by atoms with Crippen molar-refractivity contribution in [2.45, 2.75) is 72.6 Å². The maximum absolute atomic E-state index is 12.6. The van der Waals surface area contributed by atoms with Gasteiger partial charge < -0.3 is 24.8 Å². The van der Waals surface area contributed by atoms with E-state index in [9.17, 15) is 4.79 Å². The summed E-state index contributed by atoms with van der Waals surface area (Å²) in [4.78, 5) is 15.4. The van der Waals surface area contributed by atoms with Crippen molar-refractivity contribution >= 4 is 23.3 Å². The number of carbonyl (C=O) groups is 1. The predicted molar refractivity (Wildman–Crippen MR) is 158 cm³/mol. The molecule has 0 aliphatic rings. The molecule has 0 saturated carbocycles. The van der Waals surface area contributed by atoms with Gasteiger partial charge in [0, 0.05) is 17.9 Å². The fourth-order valence-corrected chi connectivity index (χ4v) is 3.70. The standard InChI is InChI=1S/C29H41N5O4S/c1-28(2,3)22-12-8-20(9-13-22)11-15-25(38-26(35)29(4,5)6)33-27(39)31-19-21-10-14-23(24(18-21)36-7)37-17-16-32-34-30/h8-10,12-14,18,25H,11,15-17,19H2,1-7H3,(H2,31,33,39). The predicted octanol–water partition coefficient (Wildman–Crippen LogP) is 6.19. The highest BCUT2D eigenvalue weighted by Crippen LogP contribution is 2.28. The molecule has 0 aromatic heterocycles. The van der Waals surface area contributed by atoms with E-state index in [1.165, 1.54) is 5.56 Å². The molecular weight excluding hydrogens is 514 g/mol. The van der Waals surface area contributed by atoms with Crippen LogP contribution >= 0.6 is 12.2 Å². The average Bonchev–Trinajstić information content (AvgIpc) is 2.88. The lowest BCUT2D eigenvalue weighted by Crippen LogP contribution is -2.45. The minimum atomic E-state index is -0.634. The van der Waals surface area contributed by atoms with Crippen molar-refractivity contribution in [2.24, 2.45) is 10.5 Å². The van der Waals surface area contributed by atoms with Gasteiger partial charge in [-0.15, -0.1) is 0 Å². The van der Waals surface area contributed by atoms with Crippen LogP contribution in [0.3, 0.4) is 0 Å². The number of methoxy groups -OCH3 is 1. The first kappa shape index (κ1) is 31.7. The van der Waals surface area contributed by atoms with Crippen LogP contribution in [0.2, 0.25) is 0 Å². The number of hydrogen-bond acceptors (Lipinski definition) is 6. The molecule has 0 aliphatic carbocycles.